The zero-order chi connectivity index (χ0) is 9.41. The van der Waals surface area contributed by atoms with Crippen molar-refractivity contribution < 1.29 is 5.11 Å². The average Bonchev–Trinajstić information content (AvgIpc) is 1.83. The minimum absolute atomic E-state index is 0.498. The van der Waals surface area contributed by atoms with Crippen LogP contribution >= 0.6 is 0 Å². The first-order valence-corrected chi connectivity index (χ1v) is 4.55. The number of nitrogens with zero attached hydrogens (tertiary/aromatic N) is 1. The highest BCUT2D eigenvalue weighted by atomic mass is 16.3. The van der Waals surface area contributed by atoms with Crippen molar-refractivity contribution in [2.45, 2.75) is 37.8 Å². The molecule has 1 unspecified atom stereocenters. The molecule has 1 atom stereocenters. The van der Waals surface area contributed by atoms with Gasteiger partial charge in [0.25, 0.3) is 0 Å². The third-order valence-corrected chi connectivity index (χ3v) is 2.86. The maximum Gasteiger partial charge on any atom is 0.0947 e. The second-order valence-electron chi connectivity index (χ2n) is 4.59. The highest BCUT2D eigenvalue weighted by Crippen LogP contribution is 2.28. The molecule has 1 saturated heterocycles. The first-order chi connectivity index (χ1) is 5.35. The van der Waals surface area contributed by atoms with Crippen LogP contribution in [0.2, 0.25) is 0 Å². The van der Waals surface area contributed by atoms with Crippen molar-refractivity contribution in [3.05, 3.63) is 0 Å². The molecular formula is C9H20N2O. The van der Waals surface area contributed by atoms with Crippen LogP contribution in [-0.4, -0.2) is 41.3 Å². The summed E-state index contributed by atoms with van der Waals surface area (Å²) in [5, 5.41) is 10.2. The maximum absolute atomic E-state index is 10.2. The van der Waals surface area contributed by atoms with Crippen LogP contribution in [0.1, 0.15) is 26.7 Å². The van der Waals surface area contributed by atoms with Gasteiger partial charge in [-0.2, -0.15) is 0 Å². The number of hydrogen-bond donors (Lipinski definition) is 2. The Morgan fingerprint density at radius 3 is 2.42 bits per heavy atom. The lowest BCUT2D eigenvalue weighted by atomic mass is 9.78. The van der Waals surface area contributed by atoms with Gasteiger partial charge in [-0.1, -0.05) is 0 Å². The molecule has 0 amide bonds. The number of aliphatic hydroxyl groups is 1. The predicted molar refractivity (Wildman–Crippen MR) is 49.9 cm³/mol. The van der Waals surface area contributed by atoms with E-state index in [1.165, 1.54) is 0 Å². The highest BCUT2D eigenvalue weighted by molar-refractivity contribution is 5.01. The van der Waals surface area contributed by atoms with Gasteiger partial charge < -0.3 is 15.7 Å². The van der Waals surface area contributed by atoms with E-state index in [0.29, 0.717) is 6.54 Å². The molecule has 0 aliphatic carbocycles. The summed E-state index contributed by atoms with van der Waals surface area (Å²) in [5.41, 5.74) is 4.72. The molecule has 0 aromatic carbocycles. The number of likely N-dealkylation sites (tertiary alicyclic amines) is 1. The molecule has 0 aromatic rings. The molecule has 0 spiro atoms. The fourth-order valence-electron chi connectivity index (χ4n) is 1.77. The molecule has 1 heterocycles. The summed E-state index contributed by atoms with van der Waals surface area (Å²) in [7, 11) is 2.02. The van der Waals surface area contributed by atoms with E-state index in [0.717, 1.165) is 19.4 Å². The SMILES string of the molecule is CN1CCCC(O)(C(C)(C)N)C1. The third-order valence-electron chi connectivity index (χ3n) is 2.86. The summed E-state index contributed by atoms with van der Waals surface area (Å²) >= 11 is 0. The summed E-state index contributed by atoms with van der Waals surface area (Å²) in [4.78, 5) is 2.14. The normalized spacial score (nSPS) is 33.8. The average molecular weight is 172 g/mol. The molecule has 1 fully saturated rings. The monoisotopic (exact) mass is 172 g/mol. The van der Waals surface area contributed by atoms with Crippen molar-refractivity contribution in [1.82, 2.24) is 4.90 Å². The van der Waals surface area contributed by atoms with Gasteiger partial charge in [-0.25, -0.2) is 0 Å². The first-order valence-electron chi connectivity index (χ1n) is 4.55. The Kier molecular flexibility index (Phi) is 2.47. The quantitative estimate of drug-likeness (QED) is 0.593. The van der Waals surface area contributed by atoms with Crippen molar-refractivity contribution in [3.63, 3.8) is 0 Å². The maximum atomic E-state index is 10.2. The van der Waals surface area contributed by atoms with E-state index in [9.17, 15) is 5.11 Å². The molecular weight excluding hydrogens is 152 g/mol. The Hall–Kier alpha value is -0.120. The van der Waals surface area contributed by atoms with Gasteiger partial charge in [0.2, 0.25) is 0 Å². The van der Waals surface area contributed by atoms with Gasteiger partial charge in [0.1, 0.15) is 0 Å². The lowest BCUT2D eigenvalue weighted by Crippen LogP contribution is -2.63. The second kappa shape index (κ2) is 2.98. The Bertz CT molecular complexity index is 164. The fraction of sp³-hybridized carbons (Fsp3) is 1.00. The molecule has 1 aliphatic heterocycles. The minimum Gasteiger partial charge on any atom is -0.387 e. The molecule has 1 aliphatic rings. The molecule has 0 bridgehead atoms. The molecule has 1 rings (SSSR count). The largest absolute Gasteiger partial charge is 0.387 e. The van der Waals surface area contributed by atoms with Gasteiger partial charge in [-0.15, -0.1) is 0 Å². The van der Waals surface area contributed by atoms with Crippen molar-refractivity contribution in [1.29, 1.82) is 0 Å². The van der Waals surface area contributed by atoms with Gasteiger partial charge in [0, 0.05) is 12.1 Å². The number of piperidine rings is 1. The Morgan fingerprint density at radius 1 is 1.50 bits per heavy atom. The summed E-state index contributed by atoms with van der Waals surface area (Å²) in [6, 6.07) is 0. The van der Waals surface area contributed by atoms with Crippen LogP contribution in [-0.2, 0) is 0 Å². The zero-order valence-electron chi connectivity index (χ0n) is 8.30. The van der Waals surface area contributed by atoms with Crippen molar-refractivity contribution >= 4 is 0 Å². The molecule has 3 nitrogen and oxygen atoms in total. The summed E-state index contributed by atoms with van der Waals surface area (Å²) < 4.78 is 0. The van der Waals surface area contributed by atoms with E-state index in [4.69, 9.17) is 5.73 Å². The lowest BCUT2D eigenvalue weighted by molar-refractivity contribution is -0.0707. The van der Waals surface area contributed by atoms with E-state index in [-0.39, 0.29) is 0 Å². The van der Waals surface area contributed by atoms with Crippen molar-refractivity contribution in [2.75, 3.05) is 20.1 Å². The van der Waals surface area contributed by atoms with Crippen LogP contribution < -0.4 is 5.73 Å². The van der Waals surface area contributed by atoms with Gasteiger partial charge in [0.05, 0.1) is 5.60 Å². The molecule has 3 heteroatoms. The van der Waals surface area contributed by atoms with Crippen molar-refractivity contribution in [3.8, 4) is 0 Å². The molecule has 0 aromatic heterocycles. The van der Waals surface area contributed by atoms with Crippen LogP contribution in [0.3, 0.4) is 0 Å². The topological polar surface area (TPSA) is 49.5 Å². The van der Waals surface area contributed by atoms with Crippen molar-refractivity contribution in [2.24, 2.45) is 5.73 Å². The van der Waals surface area contributed by atoms with Crippen LogP contribution in [0.4, 0.5) is 0 Å². The minimum atomic E-state index is -0.708. The van der Waals surface area contributed by atoms with E-state index >= 15 is 0 Å². The second-order valence-corrected chi connectivity index (χ2v) is 4.59. The summed E-state index contributed by atoms with van der Waals surface area (Å²) in [5.74, 6) is 0. The smallest absolute Gasteiger partial charge is 0.0947 e. The number of nitrogens with two attached hydrogens (primary N) is 1. The standard InChI is InChI=1S/C9H20N2O/c1-8(2,10)9(12)5-4-6-11(3)7-9/h12H,4-7,10H2,1-3H3. The van der Waals surface area contributed by atoms with E-state index in [1.807, 2.05) is 20.9 Å². The lowest BCUT2D eigenvalue weighted by Gasteiger charge is -2.45. The van der Waals surface area contributed by atoms with E-state index in [1.54, 1.807) is 0 Å². The van der Waals surface area contributed by atoms with Crippen LogP contribution in [0.25, 0.3) is 0 Å². The molecule has 0 radical (unpaired) electrons. The third kappa shape index (κ3) is 1.79. The van der Waals surface area contributed by atoms with Gasteiger partial charge in [-0.3, -0.25) is 0 Å². The number of likely N-dealkylation sites (N-methyl/N-ethyl adjacent to an activating group) is 1. The van der Waals surface area contributed by atoms with E-state index < -0.39 is 11.1 Å². The molecule has 0 saturated carbocycles. The number of hydrogen-bond acceptors (Lipinski definition) is 3. The molecule has 3 N–H and O–H groups in total. The van der Waals surface area contributed by atoms with E-state index in [2.05, 4.69) is 4.90 Å². The predicted octanol–water partition coefficient (Wildman–Crippen LogP) is 0.180. The highest BCUT2D eigenvalue weighted by Gasteiger charge is 2.42. The van der Waals surface area contributed by atoms with Gasteiger partial charge >= 0.3 is 0 Å². The van der Waals surface area contributed by atoms with Gasteiger partial charge in [0.15, 0.2) is 0 Å². The summed E-state index contributed by atoms with van der Waals surface area (Å²) in [6.45, 7) is 5.55. The molecule has 12 heavy (non-hydrogen) atoms. The fourth-order valence-corrected chi connectivity index (χ4v) is 1.77. The van der Waals surface area contributed by atoms with Gasteiger partial charge in [-0.05, 0) is 40.3 Å². The zero-order valence-corrected chi connectivity index (χ0v) is 8.30. The Balaban J connectivity index is 2.70. The number of rotatable bonds is 1. The van der Waals surface area contributed by atoms with Crippen LogP contribution in [0.15, 0.2) is 0 Å². The number of β-amino-alcohol motifs (C(OH)–C–C–N with tert-alkyl or cyclic N) is 1. The molecule has 72 valence electrons. The first kappa shape index (κ1) is 9.96. The summed E-state index contributed by atoms with van der Waals surface area (Å²) in [6.07, 6.45) is 1.86. The van der Waals surface area contributed by atoms with Crippen LogP contribution in [0.5, 0.6) is 0 Å². The van der Waals surface area contributed by atoms with Crippen LogP contribution in [0, 0.1) is 0 Å². The Labute approximate surface area is 74.5 Å². The Morgan fingerprint density at radius 2 is 2.08 bits per heavy atom.